The maximum Gasteiger partial charge on any atom is 0.254 e. The van der Waals surface area contributed by atoms with Crippen molar-refractivity contribution in [1.82, 2.24) is 20.6 Å². The van der Waals surface area contributed by atoms with Crippen LogP contribution in [0.3, 0.4) is 0 Å². The van der Waals surface area contributed by atoms with E-state index in [-0.39, 0.29) is 41.1 Å². The zero-order chi connectivity index (χ0) is 23.0. The first-order valence-corrected chi connectivity index (χ1v) is 9.84. The molecule has 0 saturated heterocycles. The topological polar surface area (TPSA) is 132 Å². The molecule has 0 fully saturated rings. The number of nitrogens with one attached hydrogen (secondary N) is 4. The van der Waals surface area contributed by atoms with E-state index in [9.17, 15) is 14.0 Å². The molecule has 0 aliphatic heterocycles. The number of amides is 2. The van der Waals surface area contributed by atoms with Crippen LogP contribution in [0.4, 0.5) is 21.7 Å². The molecule has 2 aromatic rings. The summed E-state index contributed by atoms with van der Waals surface area (Å²) in [6.07, 6.45) is 3.22. The highest BCUT2D eigenvalue weighted by Crippen LogP contribution is 2.23. The largest absolute Gasteiger partial charge is 0.382 e. The van der Waals surface area contributed by atoms with Crippen LogP contribution in [0.5, 0.6) is 0 Å². The fraction of sp³-hybridized carbons (Fsp3) is 0.381. The molecule has 10 heteroatoms. The van der Waals surface area contributed by atoms with Crippen molar-refractivity contribution in [3.63, 3.8) is 0 Å². The summed E-state index contributed by atoms with van der Waals surface area (Å²) in [7, 11) is 0. The van der Waals surface area contributed by atoms with Crippen LogP contribution < -0.4 is 21.3 Å². The zero-order valence-corrected chi connectivity index (χ0v) is 17.9. The first kappa shape index (κ1) is 23.5. The lowest BCUT2D eigenvalue weighted by molar-refractivity contribution is -0.119. The molecule has 0 bridgehead atoms. The Kier molecular flexibility index (Phi) is 8.25. The van der Waals surface area contributed by atoms with Gasteiger partial charge in [-0.1, -0.05) is 0 Å². The molecule has 0 saturated carbocycles. The van der Waals surface area contributed by atoms with Crippen LogP contribution in [0, 0.1) is 17.1 Å². The van der Waals surface area contributed by atoms with Gasteiger partial charge in [-0.25, -0.2) is 14.4 Å². The first-order chi connectivity index (χ1) is 14.7. The van der Waals surface area contributed by atoms with E-state index in [4.69, 9.17) is 5.26 Å². The van der Waals surface area contributed by atoms with Crippen LogP contribution >= 0.6 is 0 Å². The Morgan fingerprint density at radius 2 is 1.94 bits per heavy atom. The van der Waals surface area contributed by atoms with Gasteiger partial charge in [0, 0.05) is 44.0 Å². The molecule has 2 rings (SSSR count). The lowest BCUT2D eigenvalue weighted by atomic mass is 10.1. The number of rotatable bonds is 9. The van der Waals surface area contributed by atoms with E-state index in [0.717, 1.165) is 6.07 Å². The highest BCUT2D eigenvalue weighted by atomic mass is 19.1. The van der Waals surface area contributed by atoms with Crippen molar-refractivity contribution in [2.24, 2.45) is 0 Å². The van der Waals surface area contributed by atoms with Crippen molar-refractivity contribution < 1.29 is 14.0 Å². The van der Waals surface area contributed by atoms with Crippen LogP contribution in [-0.2, 0) is 4.79 Å². The molecule has 0 aromatic carbocycles. The summed E-state index contributed by atoms with van der Waals surface area (Å²) in [6.45, 7) is 7.53. The minimum atomic E-state index is -0.686. The highest BCUT2D eigenvalue weighted by molar-refractivity contribution is 5.99. The third kappa shape index (κ3) is 7.22. The Labute approximate surface area is 180 Å². The van der Waals surface area contributed by atoms with E-state index >= 15 is 0 Å². The van der Waals surface area contributed by atoms with Gasteiger partial charge in [-0.05, 0) is 33.3 Å². The third-order valence-electron chi connectivity index (χ3n) is 4.12. The second-order valence-electron chi connectivity index (χ2n) is 7.35. The number of nitrogens with zero attached hydrogens (tertiary/aromatic N) is 3. The monoisotopic (exact) mass is 427 g/mol. The minimum absolute atomic E-state index is 0.0337. The molecule has 2 amide bonds. The van der Waals surface area contributed by atoms with Gasteiger partial charge in [0.2, 0.25) is 5.91 Å². The zero-order valence-electron chi connectivity index (χ0n) is 17.9. The van der Waals surface area contributed by atoms with Crippen LogP contribution in [0.1, 0.15) is 50.0 Å². The lowest BCUT2D eigenvalue weighted by Crippen LogP contribution is -2.35. The molecule has 0 radical (unpaired) electrons. The molecule has 164 valence electrons. The number of carbonyl (C=O) groups is 2. The van der Waals surface area contributed by atoms with E-state index in [1.807, 2.05) is 26.8 Å². The van der Waals surface area contributed by atoms with Crippen molar-refractivity contribution in [3.05, 3.63) is 41.5 Å². The van der Waals surface area contributed by atoms with Crippen molar-refractivity contribution in [3.8, 4) is 6.07 Å². The Balaban J connectivity index is 2.14. The molecule has 1 unspecified atom stereocenters. The molecule has 31 heavy (non-hydrogen) atoms. The third-order valence-corrected chi connectivity index (χ3v) is 4.12. The quantitative estimate of drug-likeness (QED) is 0.484. The summed E-state index contributed by atoms with van der Waals surface area (Å²) in [5.74, 6) is -0.918. The summed E-state index contributed by atoms with van der Waals surface area (Å²) >= 11 is 0. The predicted molar refractivity (Wildman–Crippen MR) is 115 cm³/mol. The number of nitriles is 1. The number of hydrogen-bond donors (Lipinski definition) is 4. The predicted octanol–water partition coefficient (Wildman–Crippen LogP) is 2.70. The van der Waals surface area contributed by atoms with Crippen LogP contribution in [0.25, 0.3) is 0 Å². The molecule has 2 heterocycles. The highest BCUT2D eigenvalue weighted by Gasteiger charge is 2.15. The lowest BCUT2D eigenvalue weighted by Gasteiger charge is -2.17. The summed E-state index contributed by atoms with van der Waals surface area (Å²) in [6, 6.07) is 4.46. The average molecular weight is 427 g/mol. The van der Waals surface area contributed by atoms with Crippen molar-refractivity contribution in [1.29, 1.82) is 5.26 Å². The summed E-state index contributed by atoms with van der Waals surface area (Å²) < 4.78 is 14.1. The maximum absolute atomic E-state index is 14.1. The molecule has 1 atom stereocenters. The number of pyridine rings is 2. The molecule has 0 aliphatic carbocycles. The van der Waals surface area contributed by atoms with Gasteiger partial charge in [-0.2, -0.15) is 5.26 Å². The second-order valence-corrected chi connectivity index (χ2v) is 7.35. The number of hydrogen-bond acceptors (Lipinski definition) is 7. The maximum atomic E-state index is 14.1. The van der Waals surface area contributed by atoms with Gasteiger partial charge < -0.3 is 21.3 Å². The summed E-state index contributed by atoms with van der Waals surface area (Å²) in [5, 5.41) is 20.3. The first-order valence-electron chi connectivity index (χ1n) is 9.84. The van der Waals surface area contributed by atoms with Gasteiger partial charge in [0.1, 0.15) is 11.9 Å². The summed E-state index contributed by atoms with van der Waals surface area (Å²) in [4.78, 5) is 31.8. The Bertz CT molecular complexity index is 988. The van der Waals surface area contributed by atoms with E-state index in [1.54, 1.807) is 6.07 Å². The SMILES string of the molecule is CC(=O)NC(C)CCNC(=O)c1cnc(Nc2ncc(C#N)cc2F)cc1NC(C)C. The van der Waals surface area contributed by atoms with E-state index in [2.05, 4.69) is 31.2 Å². The fourth-order valence-corrected chi connectivity index (χ4v) is 2.76. The Morgan fingerprint density at radius 1 is 1.19 bits per heavy atom. The number of carbonyl (C=O) groups excluding carboxylic acids is 2. The van der Waals surface area contributed by atoms with E-state index < -0.39 is 5.82 Å². The van der Waals surface area contributed by atoms with E-state index in [1.165, 1.54) is 19.3 Å². The molecule has 9 nitrogen and oxygen atoms in total. The smallest absolute Gasteiger partial charge is 0.254 e. The molecule has 4 N–H and O–H groups in total. The summed E-state index contributed by atoms with van der Waals surface area (Å²) in [5.41, 5.74) is 0.965. The number of halogens is 1. The van der Waals surface area contributed by atoms with Gasteiger partial charge in [0.15, 0.2) is 11.6 Å². The molecule has 2 aromatic heterocycles. The van der Waals surface area contributed by atoms with Crippen LogP contribution in [0.15, 0.2) is 24.5 Å². The average Bonchev–Trinajstić information content (AvgIpc) is 2.68. The van der Waals surface area contributed by atoms with Gasteiger partial charge in [-0.15, -0.1) is 0 Å². The van der Waals surface area contributed by atoms with Crippen molar-refractivity contribution in [2.45, 2.75) is 46.2 Å². The molecular weight excluding hydrogens is 401 g/mol. The van der Waals surface area contributed by atoms with E-state index in [0.29, 0.717) is 24.2 Å². The van der Waals surface area contributed by atoms with Crippen molar-refractivity contribution in [2.75, 3.05) is 17.2 Å². The fourth-order valence-electron chi connectivity index (χ4n) is 2.76. The molecular formula is C21H26FN7O2. The molecule has 0 spiro atoms. The minimum Gasteiger partial charge on any atom is -0.382 e. The number of anilines is 3. The van der Waals surface area contributed by atoms with Gasteiger partial charge >= 0.3 is 0 Å². The Morgan fingerprint density at radius 3 is 2.55 bits per heavy atom. The van der Waals surface area contributed by atoms with Crippen LogP contribution in [0.2, 0.25) is 0 Å². The van der Waals surface area contributed by atoms with Crippen molar-refractivity contribution >= 4 is 29.1 Å². The van der Waals surface area contributed by atoms with Crippen LogP contribution in [-0.4, -0.2) is 40.4 Å². The van der Waals surface area contributed by atoms with Gasteiger partial charge in [0.05, 0.1) is 16.8 Å². The normalized spacial score (nSPS) is 11.4. The number of aromatic nitrogens is 2. The second kappa shape index (κ2) is 10.9. The Hall–Kier alpha value is -3.74. The van der Waals surface area contributed by atoms with Gasteiger partial charge in [0.25, 0.3) is 5.91 Å². The standard InChI is InChI=1S/C21H26FN7O2/c1-12(2)27-18-8-19(29-20-17(22)7-15(9-23)10-26-20)25-11-16(18)21(31)24-6-5-13(3)28-14(4)30/h7-8,10-13H,5-6H2,1-4H3,(H,24,31)(H,28,30)(H2,25,26,27,29). The van der Waals surface area contributed by atoms with Gasteiger partial charge in [-0.3, -0.25) is 9.59 Å². The molecule has 0 aliphatic rings.